The molecule has 1 heterocycles. The van der Waals surface area contributed by atoms with Crippen LogP contribution in [-0.4, -0.2) is 23.7 Å². The van der Waals surface area contributed by atoms with E-state index in [0.29, 0.717) is 13.2 Å². The summed E-state index contributed by atoms with van der Waals surface area (Å²) in [5.41, 5.74) is 6.38. The molecule has 0 spiro atoms. The highest BCUT2D eigenvalue weighted by atomic mass is 16.5. The number of ether oxygens (including phenoxy) is 1. The lowest BCUT2D eigenvalue weighted by atomic mass is 10.1. The summed E-state index contributed by atoms with van der Waals surface area (Å²) in [4.78, 5) is 4.61. The van der Waals surface area contributed by atoms with Gasteiger partial charge in [-0.15, -0.1) is 0 Å². The van der Waals surface area contributed by atoms with Crippen molar-refractivity contribution in [3.05, 3.63) is 30.3 Å². The van der Waals surface area contributed by atoms with Crippen LogP contribution in [0.1, 0.15) is 20.8 Å². The SMILES string of the molecule is CC(C)(C)Nc1ccc2c(OCCN)cccc2n1. The second kappa shape index (κ2) is 5.45. The molecule has 0 saturated carbocycles. The normalized spacial score (nSPS) is 11.6. The third kappa shape index (κ3) is 3.58. The lowest BCUT2D eigenvalue weighted by Gasteiger charge is -2.21. The van der Waals surface area contributed by atoms with Gasteiger partial charge >= 0.3 is 0 Å². The van der Waals surface area contributed by atoms with E-state index in [-0.39, 0.29) is 5.54 Å². The molecule has 0 radical (unpaired) electrons. The van der Waals surface area contributed by atoms with Gasteiger partial charge in [0, 0.05) is 17.5 Å². The minimum absolute atomic E-state index is 0.00562. The van der Waals surface area contributed by atoms with Crippen molar-refractivity contribution in [3.63, 3.8) is 0 Å². The number of anilines is 1. The number of hydrogen-bond acceptors (Lipinski definition) is 4. The molecule has 2 rings (SSSR count). The largest absolute Gasteiger partial charge is 0.492 e. The number of rotatable bonds is 4. The number of hydrogen-bond donors (Lipinski definition) is 2. The second-order valence-corrected chi connectivity index (χ2v) is 5.53. The van der Waals surface area contributed by atoms with Crippen molar-refractivity contribution in [1.29, 1.82) is 0 Å². The Labute approximate surface area is 114 Å². The molecule has 0 aliphatic rings. The number of benzene rings is 1. The predicted octanol–water partition coefficient (Wildman–Crippen LogP) is 2.78. The molecular weight excluding hydrogens is 238 g/mol. The first-order valence-electron chi connectivity index (χ1n) is 6.50. The fourth-order valence-electron chi connectivity index (χ4n) is 1.88. The van der Waals surface area contributed by atoms with Crippen LogP contribution in [0, 0.1) is 0 Å². The average Bonchev–Trinajstić information content (AvgIpc) is 2.34. The Morgan fingerprint density at radius 2 is 2.00 bits per heavy atom. The number of fused-ring (bicyclic) bond motifs is 1. The van der Waals surface area contributed by atoms with E-state index in [1.807, 2.05) is 30.3 Å². The molecule has 0 aliphatic heterocycles. The molecule has 0 fully saturated rings. The van der Waals surface area contributed by atoms with E-state index in [4.69, 9.17) is 10.5 Å². The minimum atomic E-state index is -0.00562. The lowest BCUT2D eigenvalue weighted by molar-refractivity contribution is 0.332. The van der Waals surface area contributed by atoms with Crippen molar-refractivity contribution >= 4 is 16.7 Å². The van der Waals surface area contributed by atoms with E-state index in [9.17, 15) is 0 Å². The fraction of sp³-hybridized carbons (Fsp3) is 0.400. The Morgan fingerprint density at radius 3 is 2.68 bits per heavy atom. The molecule has 4 heteroatoms. The van der Waals surface area contributed by atoms with Gasteiger partial charge in [-0.05, 0) is 45.0 Å². The van der Waals surface area contributed by atoms with Crippen LogP contribution in [0.4, 0.5) is 5.82 Å². The molecule has 0 unspecified atom stereocenters. The summed E-state index contributed by atoms with van der Waals surface area (Å²) in [6, 6.07) is 9.88. The van der Waals surface area contributed by atoms with Crippen LogP contribution in [0.5, 0.6) is 5.75 Å². The van der Waals surface area contributed by atoms with E-state index in [1.165, 1.54) is 0 Å². The highest BCUT2D eigenvalue weighted by Crippen LogP contribution is 2.26. The summed E-state index contributed by atoms with van der Waals surface area (Å²) in [5.74, 6) is 1.70. The van der Waals surface area contributed by atoms with Gasteiger partial charge in [0.15, 0.2) is 0 Å². The Bertz CT molecular complexity index is 561. The standard InChI is InChI=1S/C15H21N3O/c1-15(2,3)18-14-8-7-11-12(17-14)5-4-6-13(11)19-10-9-16/h4-8H,9-10,16H2,1-3H3,(H,17,18). The van der Waals surface area contributed by atoms with Crippen LogP contribution in [-0.2, 0) is 0 Å². The van der Waals surface area contributed by atoms with Crippen molar-refractivity contribution in [2.75, 3.05) is 18.5 Å². The molecule has 4 nitrogen and oxygen atoms in total. The summed E-state index contributed by atoms with van der Waals surface area (Å²) in [6.07, 6.45) is 0. The van der Waals surface area contributed by atoms with Crippen molar-refractivity contribution in [1.82, 2.24) is 4.98 Å². The lowest BCUT2D eigenvalue weighted by Crippen LogP contribution is -2.26. The van der Waals surface area contributed by atoms with Gasteiger partial charge in [0.05, 0.1) is 5.52 Å². The Morgan fingerprint density at radius 1 is 1.21 bits per heavy atom. The molecule has 3 N–H and O–H groups in total. The van der Waals surface area contributed by atoms with Gasteiger partial charge in [0.2, 0.25) is 0 Å². The first-order valence-corrected chi connectivity index (χ1v) is 6.50. The maximum Gasteiger partial charge on any atom is 0.128 e. The molecule has 0 bridgehead atoms. The van der Waals surface area contributed by atoms with Crippen LogP contribution < -0.4 is 15.8 Å². The average molecular weight is 259 g/mol. The third-order valence-corrected chi connectivity index (χ3v) is 2.57. The van der Waals surface area contributed by atoms with Crippen molar-refractivity contribution in [2.45, 2.75) is 26.3 Å². The highest BCUT2D eigenvalue weighted by molar-refractivity contribution is 5.86. The maximum atomic E-state index is 5.62. The van der Waals surface area contributed by atoms with Crippen molar-refractivity contribution < 1.29 is 4.74 Å². The van der Waals surface area contributed by atoms with E-state index < -0.39 is 0 Å². The third-order valence-electron chi connectivity index (χ3n) is 2.57. The van der Waals surface area contributed by atoms with Crippen LogP contribution in [0.3, 0.4) is 0 Å². The van der Waals surface area contributed by atoms with E-state index >= 15 is 0 Å². The van der Waals surface area contributed by atoms with Gasteiger partial charge in [-0.2, -0.15) is 0 Å². The number of aromatic nitrogens is 1. The molecule has 0 amide bonds. The number of nitrogens with one attached hydrogen (secondary N) is 1. The van der Waals surface area contributed by atoms with Crippen LogP contribution in [0.15, 0.2) is 30.3 Å². The molecule has 1 aromatic heterocycles. The number of nitrogens with zero attached hydrogens (tertiary/aromatic N) is 1. The topological polar surface area (TPSA) is 60.2 Å². The molecule has 1 aromatic carbocycles. The van der Waals surface area contributed by atoms with Gasteiger partial charge in [0.25, 0.3) is 0 Å². The van der Waals surface area contributed by atoms with E-state index in [0.717, 1.165) is 22.5 Å². The van der Waals surface area contributed by atoms with Crippen LogP contribution in [0.25, 0.3) is 10.9 Å². The van der Waals surface area contributed by atoms with E-state index in [1.54, 1.807) is 0 Å². The molecule has 0 saturated heterocycles. The minimum Gasteiger partial charge on any atom is -0.492 e. The van der Waals surface area contributed by atoms with Gasteiger partial charge in [-0.3, -0.25) is 0 Å². The monoisotopic (exact) mass is 259 g/mol. The molecule has 19 heavy (non-hydrogen) atoms. The van der Waals surface area contributed by atoms with Gasteiger partial charge < -0.3 is 15.8 Å². The molecule has 102 valence electrons. The zero-order valence-corrected chi connectivity index (χ0v) is 11.7. The molecule has 2 aromatic rings. The number of pyridine rings is 1. The Balaban J connectivity index is 2.34. The zero-order chi connectivity index (χ0) is 13.9. The smallest absolute Gasteiger partial charge is 0.128 e. The van der Waals surface area contributed by atoms with Crippen LogP contribution >= 0.6 is 0 Å². The van der Waals surface area contributed by atoms with Gasteiger partial charge in [0.1, 0.15) is 18.2 Å². The first-order chi connectivity index (χ1) is 8.99. The summed E-state index contributed by atoms with van der Waals surface area (Å²) < 4.78 is 5.62. The Hall–Kier alpha value is -1.81. The summed E-state index contributed by atoms with van der Waals surface area (Å²) in [5, 5.41) is 4.37. The summed E-state index contributed by atoms with van der Waals surface area (Å²) in [6.45, 7) is 7.35. The first kappa shape index (κ1) is 13.6. The van der Waals surface area contributed by atoms with Crippen LogP contribution in [0.2, 0.25) is 0 Å². The van der Waals surface area contributed by atoms with E-state index in [2.05, 4.69) is 31.1 Å². The zero-order valence-electron chi connectivity index (χ0n) is 11.7. The maximum absolute atomic E-state index is 5.62. The highest BCUT2D eigenvalue weighted by Gasteiger charge is 2.11. The Kier molecular flexibility index (Phi) is 3.90. The van der Waals surface area contributed by atoms with Crippen molar-refractivity contribution in [2.24, 2.45) is 5.73 Å². The second-order valence-electron chi connectivity index (χ2n) is 5.53. The molecular formula is C15H21N3O. The summed E-state index contributed by atoms with van der Waals surface area (Å²) in [7, 11) is 0. The fourth-order valence-corrected chi connectivity index (χ4v) is 1.88. The molecule has 0 atom stereocenters. The molecule has 0 aliphatic carbocycles. The van der Waals surface area contributed by atoms with Gasteiger partial charge in [-0.1, -0.05) is 6.07 Å². The summed E-state index contributed by atoms with van der Waals surface area (Å²) >= 11 is 0. The number of nitrogens with two attached hydrogens (primary N) is 1. The quantitative estimate of drug-likeness (QED) is 0.886. The van der Waals surface area contributed by atoms with Crippen molar-refractivity contribution in [3.8, 4) is 5.75 Å². The predicted molar refractivity (Wildman–Crippen MR) is 79.7 cm³/mol. The van der Waals surface area contributed by atoms with Gasteiger partial charge in [-0.25, -0.2) is 4.98 Å².